The summed E-state index contributed by atoms with van der Waals surface area (Å²) in [6.07, 6.45) is 0. The summed E-state index contributed by atoms with van der Waals surface area (Å²) in [5.41, 5.74) is 0. The summed E-state index contributed by atoms with van der Waals surface area (Å²) in [5.74, 6) is -3.78. The first kappa shape index (κ1) is 42.7. The average Bonchev–Trinajstić information content (AvgIpc) is 1.80. The van der Waals surface area contributed by atoms with E-state index >= 15 is 0 Å². The van der Waals surface area contributed by atoms with Gasteiger partial charge in [0.1, 0.15) is 0 Å². The van der Waals surface area contributed by atoms with Crippen molar-refractivity contribution in [1.82, 2.24) is 4.90 Å². The van der Waals surface area contributed by atoms with E-state index in [0.717, 1.165) is 4.90 Å². The number of rotatable bonds is 6. The van der Waals surface area contributed by atoms with E-state index in [0.29, 0.717) is 0 Å². The third-order valence-electron chi connectivity index (χ3n) is 1.08. The van der Waals surface area contributed by atoms with Crippen LogP contribution in [0, 0.1) is 0 Å². The van der Waals surface area contributed by atoms with E-state index in [4.69, 9.17) is 15.3 Å². The maximum absolute atomic E-state index is 10.1. The molecule has 19 heavy (non-hydrogen) atoms. The van der Waals surface area contributed by atoms with Crippen molar-refractivity contribution in [1.29, 1.82) is 0 Å². The van der Waals surface area contributed by atoms with Crippen LogP contribution >= 0.6 is 0 Å². The van der Waals surface area contributed by atoms with Gasteiger partial charge in [-0.1, -0.05) is 0 Å². The fourth-order valence-corrected chi connectivity index (χ4v) is 0.742. The fourth-order valence-electron chi connectivity index (χ4n) is 0.742. The molecule has 0 unspecified atom stereocenters. The predicted molar refractivity (Wildman–Crippen MR) is 71.6 cm³/mol. The third-order valence-corrected chi connectivity index (χ3v) is 1.08. The van der Waals surface area contributed by atoms with Crippen molar-refractivity contribution in [3.05, 3.63) is 0 Å². The molecule has 0 aromatic heterocycles. The zero-order valence-electron chi connectivity index (χ0n) is 8.13. The van der Waals surface area contributed by atoms with Gasteiger partial charge in [0, 0.05) is 0 Å². The van der Waals surface area contributed by atoms with E-state index < -0.39 is 37.5 Å². The molecule has 0 aromatic rings. The molecule has 0 aromatic carbocycles. The summed E-state index contributed by atoms with van der Waals surface area (Å²) in [6.45, 7) is -1.80. The quantitative estimate of drug-likeness (QED) is 0.403. The number of carboxylic acid groups (broad SMARTS) is 3. The molecule has 0 saturated carbocycles. The van der Waals surface area contributed by atoms with E-state index in [2.05, 4.69) is 0 Å². The number of nitrogens with zero attached hydrogens (tertiary/aromatic N) is 1. The zero-order valence-corrected chi connectivity index (χ0v) is 8.13. The van der Waals surface area contributed by atoms with Crippen molar-refractivity contribution in [2.75, 3.05) is 19.6 Å². The summed E-state index contributed by atoms with van der Waals surface area (Å²) in [7, 11) is 0. The maximum atomic E-state index is 10.1. The number of carbonyl (C=O) groups is 3. The van der Waals surface area contributed by atoms with E-state index in [1.165, 1.54) is 0 Å². The van der Waals surface area contributed by atoms with E-state index in [-0.39, 0.29) is 105 Å². The molecule has 9 N–H and O–H groups in total. The SMILES string of the molecule is O.O.O.O=C(O)CN(CC(=O)O)CC(=O)O.[NaH].[NaH].[NaH]. The van der Waals surface area contributed by atoms with Crippen molar-refractivity contribution in [2.24, 2.45) is 0 Å². The van der Waals surface area contributed by atoms with Crippen LogP contribution in [0.4, 0.5) is 0 Å². The van der Waals surface area contributed by atoms with Crippen molar-refractivity contribution in [3.8, 4) is 0 Å². The fraction of sp³-hybridized carbons (Fsp3) is 0.500. The zero-order chi connectivity index (χ0) is 10.4. The van der Waals surface area contributed by atoms with Gasteiger partial charge in [0.2, 0.25) is 0 Å². The summed E-state index contributed by atoms with van der Waals surface area (Å²) >= 11 is 0. The topological polar surface area (TPSA) is 210 Å². The summed E-state index contributed by atoms with van der Waals surface area (Å²) < 4.78 is 0. The van der Waals surface area contributed by atoms with Crippen LogP contribution in [0.2, 0.25) is 0 Å². The second-order valence-corrected chi connectivity index (χ2v) is 2.33. The normalized spacial score (nSPS) is 6.79. The van der Waals surface area contributed by atoms with Crippen molar-refractivity contribution in [3.63, 3.8) is 0 Å². The molecule has 0 bridgehead atoms. The first-order valence-electron chi connectivity index (χ1n) is 3.29. The first-order valence-corrected chi connectivity index (χ1v) is 3.29. The molecular weight excluding hydrogens is 299 g/mol. The molecule has 0 saturated heterocycles. The van der Waals surface area contributed by atoms with Crippen LogP contribution < -0.4 is 0 Å². The van der Waals surface area contributed by atoms with Gasteiger partial charge in [-0.25, -0.2) is 0 Å². The number of hydrogen-bond acceptors (Lipinski definition) is 4. The van der Waals surface area contributed by atoms with Crippen LogP contribution in [0.25, 0.3) is 0 Å². The average molecular weight is 317 g/mol. The van der Waals surface area contributed by atoms with E-state index in [9.17, 15) is 14.4 Å². The van der Waals surface area contributed by atoms with Gasteiger partial charge in [0.05, 0.1) is 19.6 Å². The molecule has 0 heterocycles. The third kappa shape index (κ3) is 32.6. The molecular formula is C6H18NNa3O9. The second-order valence-electron chi connectivity index (χ2n) is 2.33. The standard InChI is InChI=1S/C6H9NO6.3Na.3H2O.3H/c8-4(9)1-7(2-5(10)11)3-6(12)13;;;;;;;;;/h1-3H2,(H,8,9)(H,10,11)(H,12,13);;;;3*1H2;;;. The Kier molecular flexibility index (Phi) is 54.6. The molecule has 0 fully saturated rings. The number of carboxylic acids is 3. The first-order chi connectivity index (χ1) is 5.91. The molecule has 104 valence electrons. The van der Waals surface area contributed by atoms with Gasteiger partial charge >= 0.3 is 107 Å². The van der Waals surface area contributed by atoms with Gasteiger partial charge in [-0.05, 0) is 0 Å². The molecule has 0 atom stereocenters. The van der Waals surface area contributed by atoms with Crippen LogP contribution in [0.3, 0.4) is 0 Å². The van der Waals surface area contributed by atoms with E-state index in [1.54, 1.807) is 0 Å². The Hall–Kier alpha value is 1.25. The van der Waals surface area contributed by atoms with E-state index in [1.807, 2.05) is 0 Å². The van der Waals surface area contributed by atoms with Crippen LogP contribution in [-0.2, 0) is 14.4 Å². The van der Waals surface area contributed by atoms with Gasteiger partial charge < -0.3 is 31.7 Å². The van der Waals surface area contributed by atoms with Gasteiger partial charge in [-0.15, -0.1) is 0 Å². The number of hydrogen-bond donors (Lipinski definition) is 3. The summed E-state index contributed by atoms with van der Waals surface area (Å²) in [6, 6.07) is 0. The Labute approximate surface area is 175 Å². The Morgan fingerprint density at radius 3 is 0.895 bits per heavy atom. The Bertz CT molecular complexity index is 202. The van der Waals surface area contributed by atoms with Crippen molar-refractivity contribution >= 4 is 107 Å². The number of aliphatic carboxylic acids is 3. The van der Waals surface area contributed by atoms with Crippen LogP contribution in [-0.4, -0.2) is 163 Å². The molecule has 0 radical (unpaired) electrons. The molecule has 0 spiro atoms. The van der Waals surface area contributed by atoms with Crippen LogP contribution in [0.5, 0.6) is 0 Å². The molecule has 13 heteroatoms. The Morgan fingerprint density at radius 2 is 0.789 bits per heavy atom. The summed E-state index contributed by atoms with van der Waals surface area (Å²) in [5, 5.41) is 24.8. The predicted octanol–water partition coefficient (Wildman–Crippen LogP) is -5.88. The Balaban J connectivity index is -0.0000000480. The molecule has 10 nitrogen and oxygen atoms in total. The van der Waals surface area contributed by atoms with Gasteiger partial charge in [-0.3, -0.25) is 19.3 Å². The molecule has 0 aliphatic heterocycles. The molecule has 0 aliphatic carbocycles. The van der Waals surface area contributed by atoms with Crippen LogP contribution in [0.1, 0.15) is 0 Å². The monoisotopic (exact) mass is 317 g/mol. The van der Waals surface area contributed by atoms with Crippen molar-refractivity contribution < 1.29 is 46.1 Å². The molecule has 0 rings (SSSR count). The van der Waals surface area contributed by atoms with Crippen molar-refractivity contribution in [2.45, 2.75) is 0 Å². The van der Waals surface area contributed by atoms with Gasteiger partial charge in [-0.2, -0.15) is 0 Å². The van der Waals surface area contributed by atoms with Gasteiger partial charge in [0.15, 0.2) is 0 Å². The minimum atomic E-state index is -1.26. The molecule has 0 amide bonds. The second kappa shape index (κ2) is 24.3. The molecule has 0 aliphatic rings. The van der Waals surface area contributed by atoms with Gasteiger partial charge in [0.25, 0.3) is 0 Å². The summed E-state index contributed by atoms with van der Waals surface area (Å²) in [4.78, 5) is 31.2. The Morgan fingerprint density at radius 1 is 0.632 bits per heavy atom. The van der Waals surface area contributed by atoms with Crippen LogP contribution in [0.15, 0.2) is 0 Å². The minimum absolute atomic E-state index is 0.